The molecule has 74 valence electrons. The van der Waals surface area contributed by atoms with Gasteiger partial charge in [0.15, 0.2) is 0 Å². The first kappa shape index (κ1) is 11.9. The van der Waals surface area contributed by atoms with Crippen LogP contribution in [0.25, 0.3) is 0 Å². The predicted octanol–water partition coefficient (Wildman–Crippen LogP) is 0.694. The largest absolute Gasteiger partial charge is 0.380 e. The molecular weight excluding hydrogens is 152 g/mol. The number of hydrogen-bond acceptors (Lipinski definition) is 3. The Kier molecular flexibility index (Phi) is 8.88. The van der Waals surface area contributed by atoms with E-state index < -0.39 is 0 Å². The molecule has 0 aliphatic carbocycles. The van der Waals surface area contributed by atoms with Crippen molar-refractivity contribution < 1.29 is 4.74 Å². The van der Waals surface area contributed by atoms with Gasteiger partial charge in [-0.25, -0.2) is 0 Å². The molecule has 12 heavy (non-hydrogen) atoms. The molecule has 0 atom stereocenters. The van der Waals surface area contributed by atoms with Crippen LogP contribution in [0, 0.1) is 0 Å². The zero-order valence-corrected chi connectivity index (χ0v) is 8.38. The molecule has 1 saturated heterocycles. The van der Waals surface area contributed by atoms with Gasteiger partial charge in [0.25, 0.3) is 0 Å². The van der Waals surface area contributed by atoms with Crippen LogP contribution in [0.2, 0.25) is 0 Å². The summed E-state index contributed by atoms with van der Waals surface area (Å²) in [5, 5.41) is 0. The molecule has 0 radical (unpaired) electrons. The molecule has 1 aliphatic rings. The van der Waals surface area contributed by atoms with Gasteiger partial charge in [-0.3, -0.25) is 0 Å². The van der Waals surface area contributed by atoms with E-state index in [1.165, 1.54) is 33.0 Å². The molecule has 0 unspecified atom stereocenters. The molecule has 1 rings (SSSR count). The Morgan fingerprint density at radius 3 is 2.67 bits per heavy atom. The number of nitrogens with zero attached hydrogens (tertiary/aromatic N) is 1. The number of ether oxygens (including phenoxy) is 1. The maximum atomic E-state index is 5.33. The second kappa shape index (κ2) is 8.97. The summed E-state index contributed by atoms with van der Waals surface area (Å²) in [6, 6.07) is 0. The molecule has 0 aromatic carbocycles. The molecule has 3 nitrogen and oxygen atoms in total. The lowest BCUT2D eigenvalue weighted by Gasteiger charge is -2.16. The minimum absolute atomic E-state index is 0.931. The van der Waals surface area contributed by atoms with E-state index in [1.54, 1.807) is 0 Å². The zero-order chi connectivity index (χ0) is 9.23. The fourth-order valence-corrected chi connectivity index (χ4v) is 1.34. The first-order valence-electron chi connectivity index (χ1n) is 4.81. The first-order chi connectivity index (χ1) is 5.93. The van der Waals surface area contributed by atoms with E-state index in [-0.39, 0.29) is 0 Å². The fourth-order valence-electron chi connectivity index (χ4n) is 1.34. The van der Waals surface area contributed by atoms with Crippen LogP contribution in [0.5, 0.6) is 0 Å². The van der Waals surface area contributed by atoms with E-state index in [0.29, 0.717) is 0 Å². The molecule has 0 spiro atoms. The third-order valence-electron chi connectivity index (χ3n) is 1.85. The van der Waals surface area contributed by atoms with Gasteiger partial charge in [0.2, 0.25) is 0 Å². The predicted molar refractivity (Wildman–Crippen MR) is 52.3 cm³/mol. The van der Waals surface area contributed by atoms with Crippen molar-refractivity contribution in [1.29, 1.82) is 0 Å². The van der Waals surface area contributed by atoms with Crippen LogP contribution in [-0.4, -0.2) is 44.8 Å². The van der Waals surface area contributed by atoms with E-state index >= 15 is 0 Å². The van der Waals surface area contributed by atoms with Crippen LogP contribution in [0.3, 0.4) is 0 Å². The third-order valence-corrected chi connectivity index (χ3v) is 1.85. The Bertz CT molecular complexity index is 80.6. The molecule has 0 bridgehead atoms. The molecular formula is C9H22N2O. The topological polar surface area (TPSA) is 38.5 Å². The van der Waals surface area contributed by atoms with E-state index in [4.69, 9.17) is 4.74 Å². The lowest BCUT2D eigenvalue weighted by atomic mass is 10.3. The van der Waals surface area contributed by atoms with Crippen LogP contribution in [-0.2, 0) is 4.74 Å². The van der Waals surface area contributed by atoms with Gasteiger partial charge >= 0.3 is 0 Å². The van der Waals surface area contributed by atoms with Crippen LogP contribution in [0.4, 0.5) is 0 Å². The summed E-state index contributed by atoms with van der Waals surface area (Å²) in [7, 11) is 1.50. The number of hydrogen-bond donors (Lipinski definition) is 1. The second-order valence-corrected chi connectivity index (χ2v) is 2.81. The average molecular weight is 174 g/mol. The molecule has 0 aromatic heterocycles. The van der Waals surface area contributed by atoms with Gasteiger partial charge in [0.05, 0.1) is 6.61 Å². The standard InChI is InChI=1S/C8H17NO.CH5N/c1-2-4-9-5-3-7-10-8-6-9;1-2/h2-8H2,1H3;2H2,1H3. The summed E-state index contributed by atoms with van der Waals surface area (Å²) in [4.78, 5) is 2.48. The summed E-state index contributed by atoms with van der Waals surface area (Å²) in [5.41, 5.74) is 4.50. The maximum Gasteiger partial charge on any atom is 0.0593 e. The van der Waals surface area contributed by atoms with Crippen LogP contribution < -0.4 is 5.73 Å². The van der Waals surface area contributed by atoms with E-state index in [1.807, 2.05) is 0 Å². The van der Waals surface area contributed by atoms with E-state index in [2.05, 4.69) is 17.6 Å². The average Bonchev–Trinajstić information content (AvgIpc) is 2.37. The normalized spacial score (nSPS) is 19.2. The molecule has 1 fully saturated rings. The third kappa shape index (κ3) is 5.52. The molecule has 0 aromatic rings. The van der Waals surface area contributed by atoms with Gasteiger partial charge in [0.1, 0.15) is 0 Å². The van der Waals surface area contributed by atoms with Crippen molar-refractivity contribution in [3.05, 3.63) is 0 Å². The van der Waals surface area contributed by atoms with Gasteiger partial charge in [-0.15, -0.1) is 0 Å². The Labute approximate surface area is 75.9 Å². The monoisotopic (exact) mass is 174 g/mol. The molecule has 2 N–H and O–H groups in total. The highest BCUT2D eigenvalue weighted by atomic mass is 16.5. The summed E-state index contributed by atoms with van der Waals surface area (Å²) < 4.78 is 5.33. The highest BCUT2D eigenvalue weighted by Gasteiger charge is 2.06. The van der Waals surface area contributed by atoms with Crippen molar-refractivity contribution in [3.8, 4) is 0 Å². The molecule has 1 heterocycles. The van der Waals surface area contributed by atoms with Crippen molar-refractivity contribution in [2.24, 2.45) is 5.73 Å². The van der Waals surface area contributed by atoms with E-state index in [9.17, 15) is 0 Å². The molecule has 0 amide bonds. The van der Waals surface area contributed by atoms with Crippen LogP contribution in [0.15, 0.2) is 0 Å². The van der Waals surface area contributed by atoms with Crippen molar-refractivity contribution in [1.82, 2.24) is 4.90 Å². The second-order valence-electron chi connectivity index (χ2n) is 2.81. The van der Waals surface area contributed by atoms with Crippen molar-refractivity contribution in [3.63, 3.8) is 0 Å². The minimum atomic E-state index is 0.931. The van der Waals surface area contributed by atoms with Crippen molar-refractivity contribution in [2.45, 2.75) is 19.8 Å². The highest BCUT2D eigenvalue weighted by molar-refractivity contribution is 4.59. The van der Waals surface area contributed by atoms with Gasteiger partial charge in [-0.1, -0.05) is 6.92 Å². The van der Waals surface area contributed by atoms with Crippen LogP contribution >= 0.6 is 0 Å². The van der Waals surface area contributed by atoms with Gasteiger partial charge < -0.3 is 15.4 Å². The maximum absolute atomic E-state index is 5.33. The highest BCUT2D eigenvalue weighted by Crippen LogP contribution is 1.98. The van der Waals surface area contributed by atoms with Crippen molar-refractivity contribution >= 4 is 0 Å². The SMILES string of the molecule is CCCN1CCCOCC1.CN. The Morgan fingerprint density at radius 1 is 1.25 bits per heavy atom. The van der Waals surface area contributed by atoms with Gasteiger partial charge in [0, 0.05) is 19.7 Å². The minimum Gasteiger partial charge on any atom is -0.380 e. The van der Waals surface area contributed by atoms with Crippen molar-refractivity contribution in [2.75, 3.05) is 39.9 Å². The molecule has 1 aliphatic heterocycles. The van der Waals surface area contributed by atoms with Gasteiger partial charge in [-0.2, -0.15) is 0 Å². The molecule has 0 saturated carbocycles. The Hall–Kier alpha value is -0.120. The lowest BCUT2D eigenvalue weighted by molar-refractivity contribution is 0.141. The van der Waals surface area contributed by atoms with E-state index in [0.717, 1.165) is 19.8 Å². The smallest absolute Gasteiger partial charge is 0.0593 e. The Morgan fingerprint density at radius 2 is 2.00 bits per heavy atom. The quantitative estimate of drug-likeness (QED) is 0.669. The summed E-state index contributed by atoms with van der Waals surface area (Å²) in [6.45, 7) is 7.72. The number of rotatable bonds is 2. The van der Waals surface area contributed by atoms with Gasteiger partial charge in [-0.05, 0) is 26.4 Å². The summed E-state index contributed by atoms with van der Waals surface area (Å²) >= 11 is 0. The number of nitrogens with two attached hydrogens (primary N) is 1. The first-order valence-corrected chi connectivity index (χ1v) is 4.81. The summed E-state index contributed by atoms with van der Waals surface area (Å²) in [5.74, 6) is 0. The summed E-state index contributed by atoms with van der Waals surface area (Å²) in [6.07, 6.45) is 2.47. The zero-order valence-electron chi connectivity index (χ0n) is 8.38. The fraction of sp³-hybridized carbons (Fsp3) is 1.00. The molecule has 3 heteroatoms. The lowest BCUT2D eigenvalue weighted by Crippen LogP contribution is -2.26. The Balaban J connectivity index is 0.000000561. The van der Waals surface area contributed by atoms with Crippen LogP contribution in [0.1, 0.15) is 19.8 Å².